The maximum absolute atomic E-state index is 2.38. The highest BCUT2D eigenvalue weighted by Crippen LogP contribution is 2.27. The average molecular weight is 325 g/mol. The zero-order valence-corrected chi connectivity index (χ0v) is 15.9. The topological polar surface area (TPSA) is 6.48 Å². The molecule has 0 saturated carbocycles. The normalized spacial score (nSPS) is 10.9. The molecule has 2 nitrogen and oxygen atoms in total. The first-order valence-electron chi connectivity index (χ1n) is 9.34. The summed E-state index contributed by atoms with van der Waals surface area (Å²) in [6.07, 6.45) is 0. The number of nitrogens with zero attached hydrogens (tertiary/aromatic N) is 2. The van der Waals surface area contributed by atoms with Crippen molar-refractivity contribution in [1.82, 2.24) is 0 Å². The Hall–Kier alpha value is -1.96. The van der Waals surface area contributed by atoms with E-state index in [1.807, 2.05) is 0 Å². The largest absolute Gasteiger partial charge is 0.372 e. The molecule has 0 spiro atoms. The Bertz CT molecular complexity index is 537. The molecule has 2 rings (SSSR count). The summed E-state index contributed by atoms with van der Waals surface area (Å²) < 4.78 is 0. The fraction of sp³-hybridized carbons (Fsp3) is 0.455. The molecule has 0 radical (unpaired) electrons. The average Bonchev–Trinajstić information content (AvgIpc) is 2.64. The van der Waals surface area contributed by atoms with E-state index in [9.17, 15) is 0 Å². The molecule has 0 fully saturated rings. The molecular formula is C22H32N2. The van der Waals surface area contributed by atoms with Crippen molar-refractivity contribution < 1.29 is 0 Å². The van der Waals surface area contributed by atoms with Gasteiger partial charge in [0, 0.05) is 43.5 Å². The van der Waals surface area contributed by atoms with Crippen molar-refractivity contribution in [3.63, 3.8) is 0 Å². The summed E-state index contributed by atoms with van der Waals surface area (Å²) in [5.41, 5.74) is 5.38. The van der Waals surface area contributed by atoms with Crippen LogP contribution in [0.5, 0.6) is 0 Å². The van der Waals surface area contributed by atoms with Crippen LogP contribution in [0.2, 0.25) is 0 Å². The Labute approximate surface area is 148 Å². The molecule has 0 bridgehead atoms. The summed E-state index contributed by atoms with van der Waals surface area (Å²) >= 11 is 0. The zero-order valence-electron chi connectivity index (χ0n) is 15.9. The molecule has 0 aliphatic heterocycles. The first-order valence-corrected chi connectivity index (χ1v) is 9.34. The van der Waals surface area contributed by atoms with E-state index < -0.39 is 0 Å². The van der Waals surface area contributed by atoms with E-state index in [1.54, 1.807) is 0 Å². The minimum Gasteiger partial charge on any atom is -0.372 e. The van der Waals surface area contributed by atoms with Gasteiger partial charge in [-0.05, 0) is 63.1 Å². The van der Waals surface area contributed by atoms with E-state index in [1.165, 1.54) is 22.5 Å². The number of benzene rings is 2. The van der Waals surface area contributed by atoms with Gasteiger partial charge in [-0.1, -0.05) is 31.2 Å². The van der Waals surface area contributed by atoms with Crippen LogP contribution in [-0.2, 0) is 0 Å². The van der Waals surface area contributed by atoms with Crippen LogP contribution in [0.3, 0.4) is 0 Å². The van der Waals surface area contributed by atoms with Gasteiger partial charge in [0.25, 0.3) is 0 Å². The van der Waals surface area contributed by atoms with Crippen LogP contribution in [0.1, 0.15) is 51.7 Å². The molecular weight excluding hydrogens is 292 g/mol. The van der Waals surface area contributed by atoms with Gasteiger partial charge in [0.05, 0.1) is 0 Å². The Balaban J connectivity index is 2.15. The molecule has 0 atom stereocenters. The molecule has 0 N–H and O–H groups in total. The summed E-state index contributed by atoms with van der Waals surface area (Å²) in [6.45, 7) is 15.3. The second-order valence-electron chi connectivity index (χ2n) is 6.25. The molecule has 130 valence electrons. The Morgan fingerprint density at radius 2 is 0.875 bits per heavy atom. The predicted octanol–water partition coefficient (Wildman–Crippen LogP) is 5.53. The first-order chi connectivity index (χ1) is 11.6. The van der Waals surface area contributed by atoms with Crippen LogP contribution in [0.15, 0.2) is 48.5 Å². The van der Waals surface area contributed by atoms with E-state index >= 15 is 0 Å². The number of rotatable bonds is 8. The third-order valence-corrected chi connectivity index (χ3v) is 5.04. The van der Waals surface area contributed by atoms with Crippen molar-refractivity contribution in [3.8, 4) is 0 Å². The van der Waals surface area contributed by atoms with Gasteiger partial charge in [-0.2, -0.15) is 0 Å². The van der Waals surface area contributed by atoms with Gasteiger partial charge in [-0.25, -0.2) is 0 Å². The van der Waals surface area contributed by atoms with Crippen molar-refractivity contribution in [2.24, 2.45) is 0 Å². The SMILES string of the molecule is CCN(CC)c1ccc(C(C)c2ccc(N(CC)CC)cc2)cc1. The Morgan fingerprint density at radius 3 is 1.12 bits per heavy atom. The van der Waals surface area contributed by atoms with Crippen LogP contribution in [0.25, 0.3) is 0 Å². The van der Waals surface area contributed by atoms with Crippen LogP contribution in [0.4, 0.5) is 11.4 Å². The maximum atomic E-state index is 2.38. The van der Waals surface area contributed by atoms with E-state index in [-0.39, 0.29) is 0 Å². The number of hydrogen-bond donors (Lipinski definition) is 0. The smallest absolute Gasteiger partial charge is 0.0366 e. The predicted molar refractivity (Wildman–Crippen MR) is 108 cm³/mol. The molecule has 0 heterocycles. The second-order valence-corrected chi connectivity index (χ2v) is 6.25. The summed E-state index contributed by atoms with van der Waals surface area (Å²) in [6, 6.07) is 18.1. The standard InChI is InChI=1S/C22H32N2/c1-6-23(7-2)21-14-10-19(11-15-21)18(5)20-12-16-22(17-13-20)24(8-3)9-4/h10-18H,6-9H2,1-5H3. The van der Waals surface area contributed by atoms with Crippen LogP contribution >= 0.6 is 0 Å². The highest BCUT2D eigenvalue weighted by atomic mass is 15.1. The van der Waals surface area contributed by atoms with Gasteiger partial charge >= 0.3 is 0 Å². The molecule has 24 heavy (non-hydrogen) atoms. The number of hydrogen-bond acceptors (Lipinski definition) is 2. The third kappa shape index (κ3) is 4.11. The number of anilines is 2. The van der Waals surface area contributed by atoms with Crippen molar-refractivity contribution in [2.75, 3.05) is 36.0 Å². The lowest BCUT2D eigenvalue weighted by molar-refractivity contribution is 0.859. The van der Waals surface area contributed by atoms with E-state index in [2.05, 4.69) is 92.9 Å². The monoisotopic (exact) mass is 324 g/mol. The van der Waals surface area contributed by atoms with Gasteiger partial charge in [0.2, 0.25) is 0 Å². The lowest BCUT2D eigenvalue weighted by atomic mass is 9.93. The minimum absolute atomic E-state index is 0.418. The molecule has 0 aliphatic rings. The Kier molecular flexibility index (Phi) is 6.72. The van der Waals surface area contributed by atoms with E-state index in [0.717, 1.165) is 26.2 Å². The van der Waals surface area contributed by atoms with Gasteiger partial charge in [0.1, 0.15) is 0 Å². The summed E-state index contributed by atoms with van der Waals surface area (Å²) in [4.78, 5) is 4.76. The van der Waals surface area contributed by atoms with Crippen LogP contribution in [-0.4, -0.2) is 26.2 Å². The Morgan fingerprint density at radius 1 is 0.583 bits per heavy atom. The van der Waals surface area contributed by atoms with Gasteiger partial charge in [-0.15, -0.1) is 0 Å². The van der Waals surface area contributed by atoms with E-state index in [0.29, 0.717) is 5.92 Å². The lowest BCUT2D eigenvalue weighted by Crippen LogP contribution is -2.21. The van der Waals surface area contributed by atoms with Gasteiger partial charge < -0.3 is 9.80 Å². The molecule has 0 aliphatic carbocycles. The molecule has 2 heteroatoms. The quantitative estimate of drug-likeness (QED) is 0.630. The molecule has 2 aromatic carbocycles. The molecule has 2 aromatic rings. The third-order valence-electron chi connectivity index (χ3n) is 5.04. The molecule has 0 aromatic heterocycles. The lowest BCUT2D eigenvalue weighted by Gasteiger charge is -2.23. The molecule has 0 saturated heterocycles. The summed E-state index contributed by atoms with van der Waals surface area (Å²) in [7, 11) is 0. The fourth-order valence-electron chi connectivity index (χ4n) is 3.32. The first kappa shape index (κ1) is 18.4. The highest BCUT2D eigenvalue weighted by Gasteiger charge is 2.10. The van der Waals surface area contributed by atoms with E-state index in [4.69, 9.17) is 0 Å². The maximum Gasteiger partial charge on any atom is 0.0366 e. The molecule has 0 unspecified atom stereocenters. The van der Waals surface area contributed by atoms with Gasteiger partial charge in [0.15, 0.2) is 0 Å². The van der Waals surface area contributed by atoms with Crippen LogP contribution in [0, 0.1) is 0 Å². The van der Waals surface area contributed by atoms with Crippen molar-refractivity contribution in [2.45, 2.75) is 40.5 Å². The molecule has 0 amide bonds. The van der Waals surface area contributed by atoms with Crippen molar-refractivity contribution in [1.29, 1.82) is 0 Å². The van der Waals surface area contributed by atoms with Crippen LogP contribution < -0.4 is 9.80 Å². The summed E-state index contributed by atoms with van der Waals surface area (Å²) in [5.74, 6) is 0.418. The minimum atomic E-state index is 0.418. The fourth-order valence-corrected chi connectivity index (χ4v) is 3.32. The van der Waals surface area contributed by atoms with Crippen molar-refractivity contribution >= 4 is 11.4 Å². The highest BCUT2D eigenvalue weighted by molar-refractivity contribution is 5.51. The zero-order chi connectivity index (χ0) is 17.5. The second kappa shape index (κ2) is 8.77. The van der Waals surface area contributed by atoms with Crippen molar-refractivity contribution in [3.05, 3.63) is 59.7 Å². The summed E-state index contributed by atoms with van der Waals surface area (Å²) in [5, 5.41) is 0. The van der Waals surface area contributed by atoms with Gasteiger partial charge in [-0.3, -0.25) is 0 Å².